The second-order valence-electron chi connectivity index (χ2n) is 3.56. The SMILES string of the molecule is COC(=O)C1(N2CCCC2)N=C1C. The molecule has 0 bridgehead atoms. The predicted octanol–water partition coefficient (Wildman–Crippen LogP) is 0.426. The summed E-state index contributed by atoms with van der Waals surface area (Å²) < 4.78 is 4.77. The summed E-state index contributed by atoms with van der Waals surface area (Å²) in [5.74, 6) is -0.230. The molecule has 0 spiro atoms. The number of likely N-dealkylation sites (tertiary alicyclic amines) is 1. The molecule has 0 amide bonds. The van der Waals surface area contributed by atoms with Crippen LogP contribution in [0.5, 0.6) is 0 Å². The van der Waals surface area contributed by atoms with E-state index in [9.17, 15) is 4.79 Å². The Morgan fingerprint density at radius 1 is 1.54 bits per heavy atom. The normalized spacial score (nSPS) is 32.9. The molecule has 1 saturated heterocycles. The van der Waals surface area contributed by atoms with Crippen LogP contribution in [-0.2, 0) is 9.53 Å². The zero-order valence-corrected chi connectivity index (χ0v) is 8.04. The lowest BCUT2D eigenvalue weighted by Crippen LogP contribution is -2.47. The molecular formula is C9H14N2O2. The fraction of sp³-hybridized carbons (Fsp3) is 0.778. The molecule has 4 heteroatoms. The minimum absolute atomic E-state index is 0.230. The first kappa shape index (κ1) is 8.69. The van der Waals surface area contributed by atoms with Crippen molar-refractivity contribution in [1.82, 2.24) is 4.90 Å². The lowest BCUT2D eigenvalue weighted by molar-refractivity contribution is -0.147. The van der Waals surface area contributed by atoms with Crippen LogP contribution in [0.25, 0.3) is 0 Å². The molecule has 0 aromatic rings. The van der Waals surface area contributed by atoms with Crippen LogP contribution in [0.1, 0.15) is 19.8 Å². The van der Waals surface area contributed by atoms with Crippen molar-refractivity contribution in [2.45, 2.75) is 25.4 Å². The van der Waals surface area contributed by atoms with E-state index in [1.165, 1.54) is 7.11 Å². The van der Waals surface area contributed by atoms with Crippen LogP contribution in [0.2, 0.25) is 0 Å². The van der Waals surface area contributed by atoms with Crippen LogP contribution in [0.4, 0.5) is 0 Å². The number of ether oxygens (including phenoxy) is 1. The number of hydrogen-bond acceptors (Lipinski definition) is 4. The first-order valence-electron chi connectivity index (χ1n) is 4.62. The number of carbonyl (C=O) groups is 1. The van der Waals surface area contributed by atoms with Gasteiger partial charge in [-0.2, -0.15) is 0 Å². The summed E-state index contributed by atoms with van der Waals surface area (Å²) in [7, 11) is 1.42. The van der Waals surface area contributed by atoms with Gasteiger partial charge in [0.2, 0.25) is 5.66 Å². The highest BCUT2D eigenvalue weighted by Crippen LogP contribution is 2.35. The van der Waals surface area contributed by atoms with Crippen LogP contribution in [-0.4, -0.2) is 42.4 Å². The summed E-state index contributed by atoms with van der Waals surface area (Å²) in [6, 6.07) is 0. The zero-order chi connectivity index (χ0) is 9.47. The Morgan fingerprint density at radius 3 is 2.46 bits per heavy atom. The van der Waals surface area contributed by atoms with Crippen molar-refractivity contribution < 1.29 is 9.53 Å². The van der Waals surface area contributed by atoms with Gasteiger partial charge in [-0.1, -0.05) is 0 Å². The molecule has 2 heterocycles. The van der Waals surface area contributed by atoms with E-state index in [4.69, 9.17) is 4.74 Å². The minimum atomic E-state index is -0.689. The third-order valence-electron chi connectivity index (χ3n) is 2.82. The molecule has 1 fully saturated rings. The van der Waals surface area contributed by atoms with E-state index in [-0.39, 0.29) is 5.97 Å². The quantitative estimate of drug-likeness (QED) is 0.581. The second-order valence-corrected chi connectivity index (χ2v) is 3.56. The van der Waals surface area contributed by atoms with E-state index in [1.54, 1.807) is 0 Å². The molecule has 1 unspecified atom stereocenters. The Morgan fingerprint density at radius 2 is 2.08 bits per heavy atom. The van der Waals surface area contributed by atoms with Gasteiger partial charge in [-0.05, 0) is 19.8 Å². The molecule has 4 nitrogen and oxygen atoms in total. The highest BCUT2D eigenvalue weighted by atomic mass is 16.5. The van der Waals surface area contributed by atoms with E-state index in [1.807, 2.05) is 6.92 Å². The fourth-order valence-corrected chi connectivity index (χ4v) is 2.02. The Kier molecular flexibility index (Phi) is 1.87. The second kappa shape index (κ2) is 2.80. The van der Waals surface area contributed by atoms with Crippen molar-refractivity contribution in [3.8, 4) is 0 Å². The first-order chi connectivity index (χ1) is 6.21. The summed E-state index contributed by atoms with van der Waals surface area (Å²) in [5, 5.41) is 0. The van der Waals surface area contributed by atoms with E-state index in [0.29, 0.717) is 0 Å². The Labute approximate surface area is 77.6 Å². The number of rotatable bonds is 2. The molecule has 0 N–H and O–H groups in total. The van der Waals surface area contributed by atoms with E-state index in [2.05, 4.69) is 9.89 Å². The highest BCUT2D eigenvalue weighted by Gasteiger charge is 2.57. The zero-order valence-electron chi connectivity index (χ0n) is 8.04. The Balaban J connectivity index is 2.12. The molecule has 2 rings (SSSR count). The molecule has 0 aromatic carbocycles. The van der Waals surface area contributed by atoms with Gasteiger partial charge in [-0.15, -0.1) is 0 Å². The van der Waals surface area contributed by atoms with Crippen LogP contribution in [0, 0.1) is 0 Å². The van der Waals surface area contributed by atoms with Gasteiger partial charge in [0.25, 0.3) is 0 Å². The largest absolute Gasteiger partial charge is 0.466 e. The molecule has 1 atom stereocenters. The van der Waals surface area contributed by atoms with Crippen molar-refractivity contribution in [2.75, 3.05) is 20.2 Å². The fourth-order valence-electron chi connectivity index (χ4n) is 2.02. The average molecular weight is 182 g/mol. The van der Waals surface area contributed by atoms with E-state index < -0.39 is 5.66 Å². The molecule has 0 aliphatic carbocycles. The van der Waals surface area contributed by atoms with Gasteiger partial charge in [-0.3, -0.25) is 4.90 Å². The maximum absolute atomic E-state index is 11.5. The molecule has 13 heavy (non-hydrogen) atoms. The van der Waals surface area contributed by atoms with E-state index >= 15 is 0 Å². The molecule has 72 valence electrons. The number of carbonyl (C=O) groups excluding carboxylic acids is 1. The third-order valence-corrected chi connectivity index (χ3v) is 2.82. The number of esters is 1. The van der Waals surface area contributed by atoms with Crippen molar-refractivity contribution in [1.29, 1.82) is 0 Å². The predicted molar refractivity (Wildman–Crippen MR) is 48.7 cm³/mol. The van der Waals surface area contributed by atoms with Gasteiger partial charge in [0.15, 0.2) is 0 Å². The van der Waals surface area contributed by atoms with Crippen LogP contribution in [0.15, 0.2) is 4.99 Å². The molecule has 0 saturated carbocycles. The number of hydrogen-bond donors (Lipinski definition) is 0. The van der Waals surface area contributed by atoms with Crippen LogP contribution < -0.4 is 0 Å². The first-order valence-corrected chi connectivity index (χ1v) is 4.62. The number of methoxy groups -OCH3 is 1. The topological polar surface area (TPSA) is 41.9 Å². The Hall–Kier alpha value is -0.900. The van der Waals surface area contributed by atoms with Gasteiger partial charge >= 0.3 is 5.97 Å². The van der Waals surface area contributed by atoms with Gasteiger partial charge in [0, 0.05) is 13.1 Å². The monoisotopic (exact) mass is 182 g/mol. The van der Waals surface area contributed by atoms with Crippen molar-refractivity contribution >= 4 is 11.7 Å². The Bertz CT molecular complexity index is 269. The molecular weight excluding hydrogens is 168 g/mol. The number of nitrogens with zero attached hydrogens (tertiary/aromatic N) is 2. The summed E-state index contributed by atoms with van der Waals surface area (Å²) in [5.41, 5.74) is 0.201. The lowest BCUT2D eigenvalue weighted by Gasteiger charge is -2.23. The van der Waals surface area contributed by atoms with Crippen LogP contribution >= 0.6 is 0 Å². The van der Waals surface area contributed by atoms with Gasteiger partial charge in [0.1, 0.15) is 0 Å². The summed E-state index contributed by atoms with van der Waals surface area (Å²) in [6.45, 7) is 3.79. The van der Waals surface area contributed by atoms with Gasteiger partial charge < -0.3 is 4.74 Å². The molecule has 0 aromatic heterocycles. The average Bonchev–Trinajstić information content (AvgIpc) is 2.63. The van der Waals surface area contributed by atoms with Crippen molar-refractivity contribution in [2.24, 2.45) is 4.99 Å². The molecule has 2 aliphatic heterocycles. The summed E-state index contributed by atoms with van der Waals surface area (Å²) >= 11 is 0. The van der Waals surface area contributed by atoms with Crippen molar-refractivity contribution in [3.05, 3.63) is 0 Å². The van der Waals surface area contributed by atoms with E-state index in [0.717, 1.165) is 31.6 Å². The highest BCUT2D eigenvalue weighted by molar-refractivity contribution is 6.19. The standard InChI is InChI=1S/C9H14N2O2/c1-7-9(10-7,8(12)13-2)11-5-3-4-6-11/h3-6H2,1-2H3. The third kappa shape index (κ3) is 1.09. The maximum atomic E-state index is 11.5. The smallest absolute Gasteiger partial charge is 0.355 e. The van der Waals surface area contributed by atoms with Gasteiger partial charge in [0.05, 0.1) is 12.8 Å². The minimum Gasteiger partial charge on any atom is -0.466 e. The summed E-state index contributed by atoms with van der Waals surface area (Å²) in [4.78, 5) is 17.8. The number of aliphatic imine (C=N–C) groups is 1. The molecule has 0 radical (unpaired) electrons. The van der Waals surface area contributed by atoms with Crippen LogP contribution in [0.3, 0.4) is 0 Å². The van der Waals surface area contributed by atoms with Gasteiger partial charge in [-0.25, -0.2) is 9.79 Å². The lowest BCUT2D eigenvalue weighted by atomic mass is 10.2. The maximum Gasteiger partial charge on any atom is 0.355 e. The summed E-state index contributed by atoms with van der Waals surface area (Å²) in [6.07, 6.45) is 2.31. The molecule has 2 aliphatic rings. The van der Waals surface area contributed by atoms with Crippen molar-refractivity contribution in [3.63, 3.8) is 0 Å².